The Morgan fingerprint density at radius 3 is 3.00 bits per heavy atom. The molecule has 5 nitrogen and oxygen atoms in total. The van der Waals surface area contributed by atoms with E-state index in [4.69, 9.17) is 11.6 Å². The van der Waals surface area contributed by atoms with E-state index in [1.165, 1.54) is 0 Å². The van der Waals surface area contributed by atoms with Crippen LogP contribution < -0.4 is 5.32 Å². The van der Waals surface area contributed by atoms with Crippen LogP contribution in [-0.2, 0) is 13.1 Å². The van der Waals surface area contributed by atoms with E-state index in [9.17, 15) is 0 Å². The van der Waals surface area contributed by atoms with Gasteiger partial charge in [0.05, 0.1) is 6.20 Å². The van der Waals surface area contributed by atoms with Gasteiger partial charge >= 0.3 is 0 Å². The molecule has 1 N–H and O–H groups in total. The lowest BCUT2D eigenvalue weighted by atomic mass is 10.2. The number of halogens is 1. The third-order valence-corrected chi connectivity index (χ3v) is 2.71. The fraction of sp³-hybridized carbons (Fsp3) is 0.364. The Morgan fingerprint density at radius 1 is 1.47 bits per heavy atom. The second kappa shape index (κ2) is 5.14. The maximum Gasteiger partial charge on any atom is 0.168 e. The minimum Gasteiger partial charge on any atom is -0.363 e. The quantitative estimate of drug-likeness (QED) is 0.847. The first-order valence-electron chi connectivity index (χ1n) is 5.44. The summed E-state index contributed by atoms with van der Waals surface area (Å²) in [6.07, 6.45) is 3.61. The van der Waals surface area contributed by atoms with Gasteiger partial charge in [-0.1, -0.05) is 16.8 Å². The van der Waals surface area contributed by atoms with Crippen molar-refractivity contribution in [3.05, 3.63) is 34.7 Å². The zero-order chi connectivity index (χ0) is 12.3. The Labute approximate surface area is 105 Å². The Bertz CT molecular complexity index is 508. The summed E-state index contributed by atoms with van der Waals surface area (Å²) in [5.41, 5.74) is 2.04. The molecule has 0 aliphatic carbocycles. The molecule has 2 aromatic heterocycles. The van der Waals surface area contributed by atoms with E-state index in [1.54, 1.807) is 10.9 Å². The van der Waals surface area contributed by atoms with E-state index in [-0.39, 0.29) is 0 Å². The van der Waals surface area contributed by atoms with Crippen molar-refractivity contribution < 1.29 is 0 Å². The monoisotopic (exact) mass is 251 g/mol. The molecular formula is C11H14ClN5. The highest BCUT2D eigenvalue weighted by atomic mass is 35.5. The first-order valence-corrected chi connectivity index (χ1v) is 5.82. The Kier molecular flexibility index (Phi) is 3.58. The van der Waals surface area contributed by atoms with Crippen LogP contribution in [0.1, 0.15) is 18.1 Å². The van der Waals surface area contributed by atoms with Crippen LogP contribution in [0.4, 0.5) is 5.82 Å². The first-order chi connectivity index (χ1) is 8.19. The summed E-state index contributed by atoms with van der Waals surface area (Å²) in [7, 11) is 0. The summed E-state index contributed by atoms with van der Waals surface area (Å²) in [4.78, 5) is 4.10. The second-order valence-corrected chi connectivity index (χ2v) is 4.13. The van der Waals surface area contributed by atoms with Gasteiger partial charge in [-0.05, 0) is 25.5 Å². The van der Waals surface area contributed by atoms with Crippen LogP contribution >= 0.6 is 11.6 Å². The van der Waals surface area contributed by atoms with Crippen LogP contribution in [0.2, 0.25) is 5.15 Å². The van der Waals surface area contributed by atoms with E-state index in [0.29, 0.717) is 11.7 Å². The lowest BCUT2D eigenvalue weighted by Crippen LogP contribution is -2.01. The van der Waals surface area contributed by atoms with Crippen LogP contribution in [0.5, 0.6) is 0 Å². The number of nitrogens with zero attached hydrogens (tertiary/aromatic N) is 4. The molecule has 0 amide bonds. The average molecular weight is 252 g/mol. The molecule has 0 aliphatic heterocycles. The lowest BCUT2D eigenvalue weighted by Gasteiger charge is -2.05. The highest BCUT2D eigenvalue weighted by molar-refractivity contribution is 6.30. The third kappa shape index (κ3) is 2.94. The normalized spacial score (nSPS) is 10.5. The molecule has 0 saturated heterocycles. The van der Waals surface area contributed by atoms with Crippen LogP contribution in [-0.4, -0.2) is 20.0 Å². The molecule has 0 bridgehead atoms. The number of nitrogens with one attached hydrogen (secondary N) is 1. The zero-order valence-electron chi connectivity index (χ0n) is 9.81. The largest absolute Gasteiger partial charge is 0.363 e. The molecule has 90 valence electrons. The molecule has 2 rings (SSSR count). The predicted octanol–water partition coefficient (Wildman–Crippen LogP) is 2.27. The van der Waals surface area contributed by atoms with E-state index < -0.39 is 0 Å². The molecular weight excluding hydrogens is 238 g/mol. The average Bonchev–Trinajstić information content (AvgIpc) is 2.78. The molecule has 0 aliphatic rings. The molecule has 6 heteroatoms. The van der Waals surface area contributed by atoms with Crippen LogP contribution in [0.15, 0.2) is 18.5 Å². The maximum absolute atomic E-state index is 6.00. The highest BCUT2D eigenvalue weighted by Crippen LogP contribution is 2.15. The molecule has 0 spiro atoms. The molecule has 0 fully saturated rings. The number of hydrogen-bond donors (Lipinski definition) is 1. The van der Waals surface area contributed by atoms with Crippen LogP contribution in [0.25, 0.3) is 0 Å². The molecule has 0 atom stereocenters. The SMILES string of the molecule is CCn1cc(NCc2cc(C)cnc2Cl)nn1. The fourth-order valence-electron chi connectivity index (χ4n) is 1.46. The van der Waals surface area contributed by atoms with Gasteiger partial charge in [0.2, 0.25) is 0 Å². The van der Waals surface area contributed by atoms with Gasteiger partial charge in [0, 0.05) is 24.8 Å². The second-order valence-electron chi connectivity index (χ2n) is 3.78. The molecule has 0 saturated carbocycles. The summed E-state index contributed by atoms with van der Waals surface area (Å²) in [6, 6.07) is 2.01. The van der Waals surface area contributed by atoms with Gasteiger partial charge in [-0.25, -0.2) is 4.98 Å². The number of aromatic nitrogens is 4. The fourth-order valence-corrected chi connectivity index (χ4v) is 1.63. The van der Waals surface area contributed by atoms with Gasteiger partial charge in [-0.3, -0.25) is 4.68 Å². The number of hydrogen-bond acceptors (Lipinski definition) is 4. The molecule has 0 aromatic carbocycles. The van der Waals surface area contributed by atoms with Crippen molar-refractivity contribution in [3.8, 4) is 0 Å². The van der Waals surface area contributed by atoms with E-state index >= 15 is 0 Å². The number of anilines is 1. The standard InChI is InChI=1S/C11H14ClN5/c1-3-17-7-10(15-16-17)13-6-9-4-8(2)5-14-11(9)12/h4-5,7,13H,3,6H2,1-2H3. The molecule has 2 aromatic rings. The van der Waals surface area contributed by atoms with Gasteiger partial charge in [0.1, 0.15) is 5.15 Å². The van der Waals surface area contributed by atoms with Crippen molar-refractivity contribution in [1.29, 1.82) is 0 Å². The maximum atomic E-state index is 6.00. The Balaban J connectivity index is 2.04. The molecule has 0 unspecified atom stereocenters. The smallest absolute Gasteiger partial charge is 0.168 e. The Morgan fingerprint density at radius 2 is 2.29 bits per heavy atom. The molecule has 0 radical (unpaired) electrons. The first kappa shape index (κ1) is 11.9. The van der Waals surface area contributed by atoms with Crippen molar-refractivity contribution in [2.24, 2.45) is 0 Å². The van der Waals surface area contributed by atoms with E-state index in [1.807, 2.05) is 26.1 Å². The number of pyridine rings is 1. The topological polar surface area (TPSA) is 55.6 Å². The van der Waals surface area contributed by atoms with Gasteiger partial charge in [-0.2, -0.15) is 0 Å². The van der Waals surface area contributed by atoms with Gasteiger partial charge in [-0.15, -0.1) is 5.10 Å². The molecule has 17 heavy (non-hydrogen) atoms. The minimum atomic E-state index is 0.519. The van der Waals surface area contributed by atoms with Crippen molar-refractivity contribution in [2.45, 2.75) is 26.9 Å². The number of rotatable bonds is 4. The van der Waals surface area contributed by atoms with Crippen LogP contribution in [0.3, 0.4) is 0 Å². The Hall–Kier alpha value is -1.62. The van der Waals surface area contributed by atoms with Gasteiger partial charge in [0.25, 0.3) is 0 Å². The summed E-state index contributed by atoms with van der Waals surface area (Å²) >= 11 is 6.00. The highest BCUT2D eigenvalue weighted by Gasteiger charge is 2.03. The predicted molar refractivity (Wildman–Crippen MR) is 67.0 cm³/mol. The summed E-state index contributed by atoms with van der Waals surface area (Å²) in [5, 5.41) is 11.6. The summed E-state index contributed by atoms with van der Waals surface area (Å²) < 4.78 is 1.76. The molecule has 2 heterocycles. The zero-order valence-corrected chi connectivity index (χ0v) is 10.6. The van der Waals surface area contributed by atoms with Crippen LogP contribution in [0, 0.1) is 6.92 Å². The van der Waals surface area contributed by atoms with Crippen molar-refractivity contribution >= 4 is 17.4 Å². The number of aryl methyl sites for hydroxylation is 2. The van der Waals surface area contributed by atoms with Crippen molar-refractivity contribution in [2.75, 3.05) is 5.32 Å². The third-order valence-electron chi connectivity index (χ3n) is 2.37. The van der Waals surface area contributed by atoms with Gasteiger partial charge < -0.3 is 5.32 Å². The van der Waals surface area contributed by atoms with Crippen molar-refractivity contribution in [1.82, 2.24) is 20.0 Å². The van der Waals surface area contributed by atoms with E-state index in [0.717, 1.165) is 23.5 Å². The van der Waals surface area contributed by atoms with Gasteiger partial charge in [0.15, 0.2) is 5.82 Å². The minimum absolute atomic E-state index is 0.519. The summed E-state index contributed by atoms with van der Waals surface area (Å²) in [6.45, 7) is 5.40. The summed E-state index contributed by atoms with van der Waals surface area (Å²) in [5.74, 6) is 0.740. The van der Waals surface area contributed by atoms with E-state index in [2.05, 4.69) is 20.6 Å². The lowest BCUT2D eigenvalue weighted by molar-refractivity contribution is 0.627. The van der Waals surface area contributed by atoms with Crippen molar-refractivity contribution in [3.63, 3.8) is 0 Å².